The summed E-state index contributed by atoms with van der Waals surface area (Å²) in [6, 6.07) is 0. The van der Waals surface area contributed by atoms with E-state index in [1.165, 1.54) is 11.3 Å². The lowest BCUT2D eigenvalue weighted by Gasteiger charge is -2.16. The van der Waals surface area contributed by atoms with Gasteiger partial charge < -0.3 is 11.1 Å². The Hall–Kier alpha value is -1.86. The lowest BCUT2D eigenvalue weighted by molar-refractivity contribution is 0.102. The Morgan fingerprint density at radius 1 is 1.35 bits per heavy atom. The summed E-state index contributed by atoms with van der Waals surface area (Å²) in [5.41, 5.74) is 6.26. The van der Waals surface area contributed by atoms with Crippen LogP contribution in [0.1, 0.15) is 42.1 Å². The zero-order valence-electron chi connectivity index (χ0n) is 11.7. The van der Waals surface area contributed by atoms with E-state index in [-0.39, 0.29) is 11.3 Å². The number of carbonyl (C=O) groups is 1. The van der Waals surface area contributed by atoms with E-state index in [2.05, 4.69) is 20.3 Å². The number of carbonyl (C=O) groups excluding carboxylic acids is 1. The number of thiazole rings is 1. The van der Waals surface area contributed by atoms with Crippen LogP contribution in [0.15, 0.2) is 17.8 Å². The van der Waals surface area contributed by atoms with Crippen molar-refractivity contribution in [2.45, 2.75) is 32.7 Å². The predicted octanol–water partition coefficient (Wildman–Crippen LogP) is 1.94. The molecule has 3 N–H and O–H groups in total. The Morgan fingerprint density at radius 2 is 2.00 bits per heavy atom. The van der Waals surface area contributed by atoms with Crippen LogP contribution in [-0.4, -0.2) is 20.9 Å². The van der Waals surface area contributed by atoms with Crippen LogP contribution in [0.25, 0.3) is 0 Å². The highest BCUT2D eigenvalue weighted by molar-refractivity contribution is 7.09. The van der Waals surface area contributed by atoms with Gasteiger partial charge in [0, 0.05) is 17.3 Å². The summed E-state index contributed by atoms with van der Waals surface area (Å²) >= 11 is 1.37. The molecule has 0 spiro atoms. The fourth-order valence-corrected chi connectivity index (χ4v) is 2.14. The molecule has 0 aliphatic carbocycles. The third-order valence-electron chi connectivity index (χ3n) is 2.54. The van der Waals surface area contributed by atoms with E-state index in [1.54, 1.807) is 17.8 Å². The second-order valence-electron chi connectivity index (χ2n) is 5.33. The lowest BCUT2D eigenvalue weighted by Crippen LogP contribution is -2.17. The molecule has 2 aromatic heterocycles. The molecule has 1 amide bonds. The summed E-state index contributed by atoms with van der Waals surface area (Å²) in [5, 5.41) is 5.13. The van der Waals surface area contributed by atoms with Gasteiger partial charge in [-0.15, -0.1) is 11.3 Å². The van der Waals surface area contributed by atoms with Crippen LogP contribution in [0.3, 0.4) is 0 Å². The number of amides is 1. The van der Waals surface area contributed by atoms with Crippen molar-refractivity contribution >= 4 is 22.9 Å². The van der Waals surface area contributed by atoms with Crippen LogP contribution < -0.4 is 11.1 Å². The molecular formula is C13H17N5OS. The summed E-state index contributed by atoms with van der Waals surface area (Å²) in [6.45, 7) is 6.43. The fraction of sp³-hybridized carbons (Fsp3) is 0.385. The molecule has 0 bridgehead atoms. The third-order valence-corrected chi connectivity index (χ3v) is 3.41. The summed E-state index contributed by atoms with van der Waals surface area (Å²) in [6.07, 6.45) is 3.20. The van der Waals surface area contributed by atoms with Gasteiger partial charge in [-0.1, -0.05) is 20.8 Å². The van der Waals surface area contributed by atoms with Gasteiger partial charge in [0.15, 0.2) is 0 Å². The highest BCUT2D eigenvalue weighted by Crippen LogP contribution is 2.18. The first-order valence-electron chi connectivity index (χ1n) is 6.18. The van der Waals surface area contributed by atoms with Crippen molar-refractivity contribution in [3.63, 3.8) is 0 Å². The highest BCUT2D eigenvalue weighted by Gasteiger charge is 2.17. The van der Waals surface area contributed by atoms with Crippen LogP contribution in [0.5, 0.6) is 0 Å². The van der Waals surface area contributed by atoms with Crippen molar-refractivity contribution in [3.05, 3.63) is 34.3 Å². The molecule has 0 fully saturated rings. The Morgan fingerprint density at radius 3 is 2.50 bits per heavy atom. The smallest absolute Gasteiger partial charge is 0.275 e. The van der Waals surface area contributed by atoms with Gasteiger partial charge in [0.25, 0.3) is 5.91 Å². The number of rotatable bonds is 3. The van der Waals surface area contributed by atoms with Crippen molar-refractivity contribution < 1.29 is 4.79 Å². The summed E-state index contributed by atoms with van der Waals surface area (Å²) in [7, 11) is 0. The zero-order valence-corrected chi connectivity index (χ0v) is 12.5. The van der Waals surface area contributed by atoms with Crippen LogP contribution in [0.4, 0.5) is 5.69 Å². The summed E-state index contributed by atoms with van der Waals surface area (Å²) in [4.78, 5) is 24.6. The number of nitrogens with two attached hydrogens (primary N) is 1. The topological polar surface area (TPSA) is 93.8 Å². The minimum atomic E-state index is -0.284. The van der Waals surface area contributed by atoms with Gasteiger partial charge in [-0.05, 0) is 0 Å². The minimum absolute atomic E-state index is 0.118. The molecule has 0 atom stereocenters. The molecule has 7 heteroatoms. The van der Waals surface area contributed by atoms with Crippen molar-refractivity contribution in [2.75, 3.05) is 5.32 Å². The average Bonchev–Trinajstić information content (AvgIpc) is 2.87. The Kier molecular flexibility index (Phi) is 4.10. The zero-order chi connectivity index (χ0) is 14.8. The average molecular weight is 291 g/mol. The van der Waals surface area contributed by atoms with Crippen LogP contribution in [0, 0.1) is 0 Å². The molecule has 0 saturated heterocycles. The van der Waals surface area contributed by atoms with E-state index >= 15 is 0 Å². The van der Waals surface area contributed by atoms with Crippen LogP contribution in [-0.2, 0) is 12.0 Å². The number of hydrogen-bond acceptors (Lipinski definition) is 6. The molecule has 0 aliphatic heterocycles. The van der Waals surface area contributed by atoms with E-state index < -0.39 is 0 Å². The highest BCUT2D eigenvalue weighted by atomic mass is 32.1. The lowest BCUT2D eigenvalue weighted by atomic mass is 9.96. The molecular weight excluding hydrogens is 274 g/mol. The largest absolute Gasteiger partial charge is 0.325 e. The molecule has 2 heterocycles. The maximum atomic E-state index is 12.0. The Labute approximate surface area is 121 Å². The van der Waals surface area contributed by atoms with Gasteiger partial charge in [-0.25, -0.2) is 15.0 Å². The molecule has 0 aromatic carbocycles. The summed E-state index contributed by atoms with van der Waals surface area (Å²) in [5.74, 6) is 0.447. The number of nitrogens with zero attached hydrogens (tertiary/aromatic N) is 3. The van der Waals surface area contributed by atoms with Crippen LogP contribution >= 0.6 is 11.3 Å². The van der Waals surface area contributed by atoms with Gasteiger partial charge in [-0.3, -0.25) is 4.79 Å². The minimum Gasteiger partial charge on any atom is -0.325 e. The van der Waals surface area contributed by atoms with Gasteiger partial charge >= 0.3 is 0 Å². The summed E-state index contributed by atoms with van der Waals surface area (Å²) < 4.78 is 0. The standard InChI is InChI=1S/C13H17N5OS/c1-13(2,3)12-15-5-8(6-16-12)17-11(19)9-7-20-10(4-14)18-9/h5-7H,4,14H2,1-3H3,(H,17,19). The molecule has 2 rings (SSSR count). The molecule has 20 heavy (non-hydrogen) atoms. The molecule has 6 nitrogen and oxygen atoms in total. The molecule has 2 aromatic rings. The second kappa shape index (κ2) is 5.64. The second-order valence-corrected chi connectivity index (χ2v) is 6.27. The quantitative estimate of drug-likeness (QED) is 0.901. The SMILES string of the molecule is CC(C)(C)c1ncc(NC(=O)c2csc(CN)n2)cn1. The maximum absolute atomic E-state index is 12.0. The number of aromatic nitrogens is 3. The third kappa shape index (κ3) is 3.37. The van der Waals surface area contributed by atoms with Gasteiger partial charge in [-0.2, -0.15) is 0 Å². The van der Waals surface area contributed by atoms with Gasteiger partial charge in [0.2, 0.25) is 0 Å². The monoisotopic (exact) mass is 291 g/mol. The fourth-order valence-electron chi connectivity index (χ4n) is 1.48. The normalized spacial score (nSPS) is 11.4. The van der Waals surface area contributed by atoms with Crippen molar-refractivity contribution in [3.8, 4) is 0 Å². The molecule has 0 radical (unpaired) electrons. The van der Waals surface area contributed by atoms with Gasteiger partial charge in [0.1, 0.15) is 16.5 Å². The Balaban J connectivity index is 2.08. The molecule has 106 valence electrons. The van der Waals surface area contributed by atoms with Crippen LogP contribution in [0.2, 0.25) is 0 Å². The molecule has 0 unspecified atom stereocenters. The first kappa shape index (κ1) is 14.5. The first-order valence-corrected chi connectivity index (χ1v) is 7.06. The van der Waals surface area contributed by atoms with Gasteiger partial charge in [0.05, 0.1) is 18.1 Å². The Bertz CT molecular complexity index is 600. The number of hydrogen-bond donors (Lipinski definition) is 2. The molecule has 0 aliphatic rings. The van der Waals surface area contributed by atoms with E-state index in [1.807, 2.05) is 20.8 Å². The predicted molar refractivity (Wildman–Crippen MR) is 78.7 cm³/mol. The number of anilines is 1. The van der Waals surface area contributed by atoms with Crippen molar-refractivity contribution in [1.29, 1.82) is 0 Å². The van der Waals surface area contributed by atoms with E-state index in [9.17, 15) is 4.79 Å². The van der Waals surface area contributed by atoms with Crippen molar-refractivity contribution in [1.82, 2.24) is 15.0 Å². The number of nitrogens with one attached hydrogen (secondary N) is 1. The first-order chi connectivity index (χ1) is 9.40. The van der Waals surface area contributed by atoms with Crippen molar-refractivity contribution in [2.24, 2.45) is 5.73 Å². The van der Waals surface area contributed by atoms with E-state index in [4.69, 9.17) is 5.73 Å². The van der Waals surface area contributed by atoms with E-state index in [0.717, 1.165) is 10.8 Å². The maximum Gasteiger partial charge on any atom is 0.275 e. The molecule has 0 saturated carbocycles. The van der Waals surface area contributed by atoms with E-state index in [0.29, 0.717) is 17.9 Å².